The maximum Gasteiger partial charge on any atom is 0.278 e. The van der Waals surface area contributed by atoms with Crippen molar-refractivity contribution in [1.82, 2.24) is 24.7 Å². The molecule has 1 aliphatic heterocycles. The van der Waals surface area contributed by atoms with E-state index in [1.807, 2.05) is 30.3 Å². The Bertz CT molecular complexity index is 1450. The summed E-state index contributed by atoms with van der Waals surface area (Å²) in [6, 6.07) is 13.4. The number of nitrogens with zero attached hydrogens (tertiary/aromatic N) is 5. The van der Waals surface area contributed by atoms with Crippen molar-refractivity contribution in [3.8, 4) is 11.1 Å². The standard InChI is InChI=1S/C27H29N7O3/c1-17-4-3-11-33(17)15-25(36)29-22-12-23(18(2)28-13-22)30-27(37)26-24-10-9-21(14-34(24)32-31-26)20-7-5-19(16-35)6-8-20/h5-10,12-14,17,35H,3-4,11,15-16H2,1-2H3,(H,29,36)(H,30,37)/t17-/m0/s1. The first-order valence-corrected chi connectivity index (χ1v) is 12.3. The third-order valence-corrected chi connectivity index (χ3v) is 6.75. The number of fused-ring (bicyclic) bond motifs is 1. The minimum Gasteiger partial charge on any atom is -0.392 e. The molecule has 2 amide bonds. The number of nitrogens with one attached hydrogen (secondary N) is 2. The molecule has 0 bridgehead atoms. The number of amides is 2. The van der Waals surface area contributed by atoms with E-state index in [1.54, 1.807) is 36.0 Å². The fourth-order valence-electron chi connectivity index (χ4n) is 4.55. The Kier molecular flexibility index (Phi) is 6.93. The molecule has 1 fully saturated rings. The summed E-state index contributed by atoms with van der Waals surface area (Å²) < 4.78 is 1.56. The largest absolute Gasteiger partial charge is 0.392 e. The number of carbonyl (C=O) groups is 2. The number of aryl methyl sites for hydroxylation is 1. The first-order valence-electron chi connectivity index (χ1n) is 12.3. The minimum atomic E-state index is -0.422. The van der Waals surface area contributed by atoms with Crippen molar-refractivity contribution in [2.45, 2.75) is 39.3 Å². The lowest BCUT2D eigenvalue weighted by molar-refractivity contribution is -0.117. The number of carbonyl (C=O) groups excluding carboxylic acids is 2. The van der Waals surface area contributed by atoms with Crippen LogP contribution in [0.3, 0.4) is 0 Å². The molecule has 1 saturated heterocycles. The first-order chi connectivity index (χ1) is 17.9. The highest BCUT2D eigenvalue weighted by Crippen LogP contribution is 2.23. The summed E-state index contributed by atoms with van der Waals surface area (Å²) in [7, 11) is 0. The molecule has 10 heteroatoms. The van der Waals surface area contributed by atoms with Gasteiger partial charge in [0.25, 0.3) is 5.91 Å². The molecule has 3 N–H and O–H groups in total. The number of aliphatic hydroxyl groups is 1. The monoisotopic (exact) mass is 499 g/mol. The average molecular weight is 500 g/mol. The predicted molar refractivity (Wildman–Crippen MR) is 140 cm³/mol. The highest BCUT2D eigenvalue weighted by atomic mass is 16.3. The molecule has 4 aromatic rings. The Morgan fingerprint density at radius 3 is 2.62 bits per heavy atom. The van der Waals surface area contributed by atoms with E-state index in [0.717, 1.165) is 36.1 Å². The van der Waals surface area contributed by atoms with Gasteiger partial charge in [-0.1, -0.05) is 35.5 Å². The van der Waals surface area contributed by atoms with Crippen molar-refractivity contribution in [1.29, 1.82) is 0 Å². The number of pyridine rings is 2. The molecule has 0 unspecified atom stereocenters. The quantitative estimate of drug-likeness (QED) is 0.356. The average Bonchev–Trinajstić information content (AvgIpc) is 3.51. The van der Waals surface area contributed by atoms with Crippen LogP contribution in [0, 0.1) is 6.92 Å². The van der Waals surface area contributed by atoms with Gasteiger partial charge in [-0.05, 0) is 56.5 Å². The van der Waals surface area contributed by atoms with Crippen LogP contribution in [0.25, 0.3) is 16.6 Å². The van der Waals surface area contributed by atoms with E-state index in [-0.39, 0.29) is 18.2 Å². The van der Waals surface area contributed by atoms with E-state index in [1.165, 1.54) is 0 Å². The summed E-state index contributed by atoms with van der Waals surface area (Å²) in [4.78, 5) is 32.1. The first kappa shape index (κ1) is 24.5. The van der Waals surface area contributed by atoms with Crippen LogP contribution in [0.4, 0.5) is 11.4 Å². The summed E-state index contributed by atoms with van der Waals surface area (Å²) in [5, 5.41) is 23.2. The molecule has 4 heterocycles. The van der Waals surface area contributed by atoms with Gasteiger partial charge in [0.1, 0.15) is 0 Å². The molecular formula is C27H29N7O3. The Hall–Kier alpha value is -4.15. The van der Waals surface area contributed by atoms with E-state index in [4.69, 9.17) is 0 Å². The van der Waals surface area contributed by atoms with Crippen LogP contribution in [0.2, 0.25) is 0 Å². The van der Waals surface area contributed by atoms with Gasteiger partial charge in [-0.15, -0.1) is 5.10 Å². The zero-order chi connectivity index (χ0) is 25.9. The highest BCUT2D eigenvalue weighted by molar-refractivity contribution is 6.08. The molecule has 10 nitrogen and oxygen atoms in total. The molecule has 1 atom stereocenters. The van der Waals surface area contributed by atoms with Crippen molar-refractivity contribution in [2.24, 2.45) is 0 Å². The van der Waals surface area contributed by atoms with Gasteiger partial charge in [0.15, 0.2) is 5.69 Å². The molecule has 1 aromatic carbocycles. The molecule has 1 aliphatic rings. The minimum absolute atomic E-state index is 0.0109. The lowest BCUT2D eigenvalue weighted by Crippen LogP contribution is -2.35. The van der Waals surface area contributed by atoms with E-state index in [9.17, 15) is 14.7 Å². The Morgan fingerprint density at radius 2 is 1.89 bits per heavy atom. The number of hydrogen-bond acceptors (Lipinski definition) is 7. The SMILES string of the molecule is Cc1ncc(NC(=O)CN2CCC[C@@H]2C)cc1NC(=O)c1nnn2cc(-c3ccc(CO)cc3)ccc12. The van der Waals surface area contributed by atoms with Crippen molar-refractivity contribution >= 4 is 28.7 Å². The van der Waals surface area contributed by atoms with Gasteiger partial charge in [0.2, 0.25) is 5.91 Å². The van der Waals surface area contributed by atoms with Gasteiger partial charge in [0, 0.05) is 17.8 Å². The van der Waals surface area contributed by atoms with Crippen molar-refractivity contribution in [3.05, 3.63) is 71.8 Å². The van der Waals surface area contributed by atoms with Crippen LogP contribution in [0.5, 0.6) is 0 Å². The van der Waals surface area contributed by atoms with Gasteiger partial charge in [0.05, 0.1) is 41.9 Å². The highest BCUT2D eigenvalue weighted by Gasteiger charge is 2.22. The number of rotatable bonds is 7. The zero-order valence-corrected chi connectivity index (χ0v) is 20.8. The summed E-state index contributed by atoms with van der Waals surface area (Å²) in [5.74, 6) is -0.530. The molecule has 0 aliphatic carbocycles. The van der Waals surface area contributed by atoms with Gasteiger partial charge in [-0.3, -0.25) is 19.5 Å². The van der Waals surface area contributed by atoms with E-state index in [0.29, 0.717) is 35.2 Å². The van der Waals surface area contributed by atoms with Crippen molar-refractivity contribution < 1.29 is 14.7 Å². The summed E-state index contributed by atoms with van der Waals surface area (Å²) in [6.07, 6.45) is 5.59. The van der Waals surface area contributed by atoms with Gasteiger partial charge in [-0.2, -0.15) is 0 Å². The Morgan fingerprint density at radius 1 is 1.11 bits per heavy atom. The second kappa shape index (κ2) is 10.5. The predicted octanol–water partition coefficient (Wildman–Crippen LogP) is 3.27. The van der Waals surface area contributed by atoms with E-state index < -0.39 is 5.91 Å². The van der Waals surface area contributed by atoms with Crippen LogP contribution in [-0.2, 0) is 11.4 Å². The fraction of sp³-hybridized carbons (Fsp3) is 0.296. The molecule has 0 radical (unpaired) electrons. The Balaban J connectivity index is 1.30. The van der Waals surface area contributed by atoms with E-state index in [2.05, 4.69) is 37.8 Å². The van der Waals surface area contributed by atoms with Crippen molar-refractivity contribution in [2.75, 3.05) is 23.7 Å². The molecular weight excluding hydrogens is 470 g/mol. The molecule has 3 aromatic heterocycles. The third kappa shape index (κ3) is 5.35. The second-order valence-electron chi connectivity index (χ2n) is 9.36. The number of likely N-dealkylation sites (tertiary alicyclic amines) is 1. The van der Waals surface area contributed by atoms with Gasteiger partial charge >= 0.3 is 0 Å². The van der Waals surface area contributed by atoms with Crippen LogP contribution >= 0.6 is 0 Å². The molecule has 5 rings (SSSR count). The fourth-order valence-corrected chi connectivity index (χ4v) is 4.55. The molecule has 0 saturated carbocycles. The lowest BCUT2D eigenvalue weighted by atomic mass is 10.1. The maximum absolute atomic E-state index is 13.1. The summed E-state index contributed by atoms with van der Waals surface area (Å²) >= 11 is 0. The topological polar surface area (TPSA) is 125 Å². The summed E-state index contributed by atoms with van der Waals surface area (Å²) in [5.41, 5.74) is 5.05. The summed E-state index contributed by atoms with van der Waals surface area (Å²) in [6.45, 7) is 5.16. The normalized spacial score (nSPS) is 15.7. The lowest BCUT2D eigenvalue weighted by Gasteiger charge is -2.20. The number of aliphatic hydroxyl groups excluding tert-OH is 1. The van der Waals surface area contributed by atoms with Crippen LogP contribution in [0.1, 0.15) is 41.5 Å². The van der Waals surface area contributed by atoms with E-state index >= 15 is 0 Å². The zero-order valence-electron chi connectivity index (χ0n) is 20.8. The van der Waals surface area contributed by atoms with Crippen LogP contribution < -0.4 is 10.6 Å². The third-order valence-electron chi connectivity index (χ3n) is 6.75. The number of hydrogen-bond donors (Lipinski definition) is 3. The van der Waals surface area contributed by atoms with Crippen molar-refractivity contribution in [3.63, 3.8) is 0 Å². The molecule has 37 heavy (non-hydrogen) atoms. The molecule has 190 valence electrons. The van der Waals surface area contributed by atoms with Gasteiger partial charge < -0.3 is 15.7 Å². The second-order valence-corrected chi connectivity index (χ2v) is 9.36. The van der Waals surface area contributed by atoms with Gasteiger partial charge in [-0.25, -0.2) is 4.52 Å². The van der Waals surface area contributed by atoms with Crippen LogP contribution in [0.15, 0.2) is 54.9 Å². The molecule has 0 spiro atoms. The number of benzene rings is 1. The number of aromatic nitrogens is 4. The van der Waals surface area contributed by atoms with Crippen LogP contribution in [-0.4, -0.2) is 60.8 Å². The number of anilines is 2. The maximum atomic E-state index is 13.1. The smallest absolute Gasteiger partial charge is 0.278 e. The Labute approximate surface area is 214 Å².